The molecule has 0 bridgehead atoms. The number of rotatable bonds is 2. The molecule has 0 aromatic heterocycles. The number of fused-ring (bicyclic) bond motifs is 1. The minimum absolute atomic E-state index is 0.201. The Bertz CT molecular complexity index is 622. The topological polar surface area (TPSA) is 58.6 Å². The largest absolute Gasteiger partial charge is 0.487 e. The molecule has 116 valence electrons. The maximum Gasteiger partial charge on any atom is 0.209 e. The van der Waals surface area contributed by atoms with Gasteiger partial charge in [0.2, 0.25) is 10.0 Å². The van der Waals surface area contributed by atoms with E-state index in [-0.39, 0.29) is 11.6 Å². The third kappa shape index (κ3) is 3.22. The van der Waals surface area contributed by atoms with Crippen LogP contribution in [0.2, 0.25) is 0 Å². The third-order valence-electron chi connectivity index (χ3n) is 4.45. The molecular formula is C15H22N2O3S. The molecule has 21 heavy (non-hydrogen) atoms. The number of hydrogen-bond donors (Lipinski definition) is 1. The number of likely N-dealkylation sites (tertiary alicyclic amines) is 1. The van der Waals surface area contributed by atoms with Crippen molar-refractivity contribution >= 4 is 10.0 Å². The first-order valence-electron chi connectivity index (χ1n) is 7.31. The van der Waals surface area contributed by atoms with E-state index in [4.69, 9.17) is 4.74 Å². The molecule has 1 fully saturated rings. The van der Waals surface area contributed by atoms with E-state index in [9.17, 15) is 8.42 Å². The van der Waals surface area contributed by atoms with Crippen LogP contribution in [0, 0.1) is 0 Å². The van der Waals surface area contributed by atoms with Gasteiger partial charge in [0.1, 0.15) is 11.4 Å². The van der Waals surface area contributed by atoms with Crippen molar-refractivity contribution < 1.29 is 13.2 Å². The summed E-state index contributed by atoms with van der Waals surface area (Å²) < 4.78 is 32.4. The maximum absolute atomic E-state index is 11.7. The molecule has 1 unspecified atom stereocenters. The lowest BCUT2D eigenvalue weighted by Gasteiger charge is -2.46. The molecule has 1 aromatic carbocycles. The number of sulfonamides is 1. The number of nitrogens with one attached hydrogen (secondary N) is 1. The summed E-state index contributed by atoms with van der Waals surface area (Å²) in [7, 11) is -1.14. The van der Waals surface area contributed by atoms with Crippen molar-refractivity contribution in [2.75, 3.05) is 26.4 Å². The van der Waals surface area contributed by atoms with E-state index < -0.39 is 10.0 Å². The van der Waals surface area contributed by atoms with Crippen LogP contribution in [0.5, 0.6) is 5.75 Å². The Morgan fingerprint density at radius 3 is 2.62 bits per heavy atom. The fourth-order valence-corrected chi connectivity index (χ4v) is 4.04. The van der Waals surface area contributed by atoms with Gasteiger partial charge in [-0.05, 0) is 26.0 Å². The van der Waals surface area contributed by atoms with Gasteiger partial charge in [-0.3, -0.25) is 0 Å². The second-order valence-electron chi connectivity index (χ2n) is 6.27. The van der Waals surface area contributed by atoms with Crippen molar-refractivity contribution in [2.24, 2.45) is 0 Å². The highest BCUT2D eigenvalue weighted by molar-refractivity contribution is 7.88. The van der Waals surface area contributed by atoms with Crippen molar-refractivity contribution in [3.8, 4) is 5.75 Å². The van der Waals surface area contributed by atoms with Gasteiger partial charge in [0, 0.05) is 25.1 Å². The Labute approximate surface area is 126 Å². The summed E-state index contributed by atoms with van der Waals surface area (Å²) in [6, 6.07) is 7.54. The maximum atomic E-state index is 11.7. The van der Waals surface area contributed by atoms with Gasteiger partial charge < -0.3 is 9.64 Å². The lowest BCUT2D eigenvalue weighted by atomic mass is 9.81. The van der Waals surface area contributed by atoms with Crippen LogP contribution in [0.1, 0.15) is 30.9 Å². The fourth-order valence-electron chi connectivity index (χ4n) is 3.31. The number of ether oxygens (including phenoxy) is 1. The minimum atomic E-state index is -3.25. The van der Waals surface area contributed by atoms with Crippen molar-refractivity contribution in [1.82, 2.24) is 9.62 Å². The van der Waals surface area contributed by atoms with E-state index in [2.05, 4.69) is 16.7 Å². The van der Waals surface area contributed by atoms with Crippen LogP contribution in [0.4, 0.5) is 0 Å². The first-order chi connectivity index (χ1) is 9.87. The van der Waals surface area contributed by atoms with Gasteiger partial charge in [0.15, 0.2) is 0 Å². The smallest absolute Gasteiger partial charge is 0.209 e. The van der Waals surface area contributed by atoms with Crippen LogP contribution in [0.25, 0.3) is 0 Å². The molecule has 3 rings (SSSR count). The molecule has 1 atom stereocenters. The van der Waals surface area contributed by atoms with Crippen LogP contribution in [0.15, 0.2) is 24.3 Å². The van der Waals surface area contributed by atoms with Gasteiger partial charge in [-0.25, -0.2) is 13.1 Å². The van der Waals surface area contributed by atoms with Crippen LogP contribution in [0.3, 0.4) is 0 Å². The van der Waals surface area contributed by atoms with Gasteiger partial charge in [0.25, 0.3) is 0 Å². The molecule has 0 saturated carbocycles. The predicted molar refractivity (Wildman–Crippen MR) is 81.9 cm³/mol. The Hall–Kier alpha value is -1.11. The Kier molecular flexibility index (Phi) is 3.71. The lowest BCUT2D eigenvalue weighted by molar-refractivity contribution is -0.0179. The van der Waals surface area contributed by atoms with E-state index in [1.807, 2.05) is 24.3 Å². The summed E-state index contributed by atoms with van der Waals surface area (Å²) in [5.41, 5.74) is 0.691. The molecule has 2 aliphatic rings. The number of nitrogens with zero attached hydrogens (tertiary/aromatic N) is 1. The van der Waals surface area contributed by atoms with Gasteiger partial charge in [0.05, 0.1) is 12.3 Å². The molecule has 5 nitrogen and oxygen atoms in total. The fraction of sp³-hybridized carbons (Fsp3) is 0.600. The SMILES string of the molecule is CN1CCC2(CC1)CC(NS(C)(=O)=O)c1ccccc1O2. The molecule has 1 saturated heterocycles. The highest BCUT2D eigenvalue weighted by atomic mass is 32.2. The zero-order valence-electron chi connectivity index (χ0n) is 12.5. The molecule has 1 N–H and O–H groups in total. The second-order valence-corrected chi connectivity index (χ2v) is 8.05. The van der Waals surface area contributed by atoms with E-state index in [0.717, 1.165) is 37.2 Å². The normalized spacial score (nSPS) is 25.3. The number of piperidine rings is 1. The number of para-hydroxylation sites is 1. The Morgan fingerprint density at radius 2 is 1.95 bits per heavy atom. The van der Waals surface area contributed by atoms with E-state index in [1.165, 1.54) is 6.26 Å². The monoisotopic (exact) mass is 310 g/mol. The minimum Gasteiger partial charge on any atom is -0.487 e. The average molecular weight is 310 g/mol. The zero-order chi connectivity index (χ0) is 15.1. The van der Waals surface area contributed by atoms with Crippen LogP contribution < -0.4 is 9.46 Å². The van der Waals surface area contributed by atoms with Gasteiger partial charge in [-0.2, -0.15) is 0 Å². The standard InChI is InChI=1S/C15H22N2O3S/c1-17-9-7-15(8-10-17)11-13(16-21(2,18)19)12-5-3-4-6-14(12)20-15/h3-6,13,16H,7-11H2,1-2H3. The van der Waals surface area contributed by atoms with Crippen molar-refractivity contribution in [3.63, 3.8) is 0 Å². The van der Waals surface area contributed by atoms with Crippen LogP contribution in [-0.4, -0.2) is 45.3 Å². The third-order valence-corrected chi connectivity index (χ3v) is 5.16. The van der Waals surface area contributed by atoms with E-state index in [0.29, 0.717) is 6.42 Å². The summed E-state index contributed by atoms with van der Waals surface area (Å²) >= 11 is 0. The average Bonchev–Trinajstić information content (AvgIpc) is 2.41. The van der Waals surface area contributed by atoms with Gasteiger partial charge in [-0.1, -0.05) is 18.2 Å². The predicted octanol–water partition coefficient (Wildman–Crippen LogP) is 1.52. The summed E-state index contributed by atoms with van der Waals surface area (Å²) in [6.45, 7) is 1.96. The highest BCUT2D eigenvalue weighted by Crippen LogP contribution is 2.44. The lowest BCUT2D eigenvalue weighted by Crippen LogP contribution is -2.51. The van der Waals surface area contributed by atoms with Gasteiger partial charge >= 0.3 is 0 Å². The van der Waals surface area contributed by atoms with Crippen molar-refractivity contribution in [3.05, 3.63) is 29.8 Å². The highest BCUT2D eigenvalue weighted by Gasteiger charge is 2.43. The summed E-state index contributed by atoms with van der Waals surface area (Å²) in [4.78, 5) is 2.29. The molecule has 2 aliphatic heterocycles. The van der Waals surface area contributed by atoms with E-state index >= 15 is 0 Å². The molecule has 2 heterocycles. The van der Waals surface area contributed by atoms with Gasteiger partial charge in [-0.15, -0.1) is 0 Å². The summed E-state index contributed by atoms with van der Waals surface area (Å²) in [5, 5.41) is 0. The number of hydrogen-bond acceptors (Lipinski definition) is 4. The molecular weight excluding hydrogens is 288 g/mol. The first kappa shape index (κ1) is 14.8. The Balaban J connectivity index is 1.93. The Morgan fingerprint density at radius 1 is 1.29 bits per heavy atom. The molecule has 0 radical (unpaired) electrons. The van der Waals surface area contributed by atoms with E-state index in [1.54, 1.807) is 0 Å². The molecule has 1 aromatic rings. The van der Waals surface area contributed by atoms with Crippen LogP contribution in [-0.2, 0) is 10.0 Å². The molecule has 1 spiro atoms. The first-order valence-corrected chi connectivity index (χ1v) is 9.20. The molecule has 0 amide bonds. The van der Waals surface area contributed by atoms with Crippen LogP contribution >= 0.6 is 0 Å². The summed E-state index contributed by atoms with van der Waals surface area (Å²) in [5.74, 6) is 0.814. The summed E-state index contributed by atoms with van der Waals surface area (Å²) in [6.07, 6.45) is 3.77. The second kappa shape index (κ2) is 5.26. The zero-order valence-corrected chi connectivity index (χ0v) is 13.3. The van der Waals surface area contributed by atoms with Crippen molar-refractivity contribution in [2.45, 2.75) is 30.9 Å². The molecule has 6 heteroatoms. The molecule has 0 aliphatic carbocycles. The van der Waals surface area contributed by atoms with Crippen molar-refractivity contribution in [1.29, 1.82) is 0 Å². The quantitative estimate of drug-likeness (QED) is 0.900. The number of benzene rings is 1.